The van der Waals surface area contributed by atoms with Crippen LogP contribution in [0.3, 0.4) is 0 Å². The number of nitrogens with zero attached hydrogens (tertiary/aromatic N) is 2. The van der Waals surface area contributed by atoms with Gasteiger partial charge >= 0.3 is 0 Å². The van der Waals surface area contributed by atoms with E-state index in [9.17, 15) is 13.6 Å². The molecule has 0 radical (unpaired) electrons. The molecule has 1 saturated carbocycles. The predicted molar refractivity (Wildman–Crippen MR) is 81.8 cm³/mol. The van der Waals surface area contributed by atoms with Gasteiger partial charge < -0.3 is 5.32 Å². The lowest BCUT2D eigenvalue weighted by Gasteiger charge is -2.08. The first-order valence-corrected chi connectivity index (χ1v) is 8.30. The van der Waals surface area contributed by atoms with Crippen LogP contribution in [0.15, 0.2) is 21.8 Å². The molecule has 1 amide bonds. The third-order valence-electron chi connectivity index (χ3n) is 3.05. The number of hydrogen-bond acceptors (Lipinski definition) is 4. The van der Waals surface area contributed by atoms with E-state index >= 15 is 0 Å². The molecule has 9 heteroatoms. The SMILES string of the molecule is O=C(CSc1n[nH]c(C2CC2)n1)Nc1c(F)cc(F)cc1Br. The van der Waals surface area contributed by atoms with Crippen LogP contribution in [0.5, 0.6) is 0 Å². The number of halogens is 3. The second kappa shape index (κ2) is 6.33. The summed E-state index contributed by atoms with van der Waals surface area (Å²) in [5, 5.41) is 9.75. The Hall–Kier alpha value is -1.48. The fourth-order valence-electron chi connectivity index (χ4n) is 1.83. The fraction of sp³-hybridized carbons (Fsp3) is 0.308. The predicted octanol–water partition coefficient (Wildman–Crippen LogP) is 3.45. The summed E-state index contributed by atoms with van der Waals surface area (Å²) in [7, 11) is 0. The average molecular weight is 389 g/mol. The Labute approximate surface area is 137 Å². The quantitative estimate of drug-likeness (QED) is 0.769. The third kappa shape index (κ3) is 3.64. The van der Waals surface area contributed by atoms with E-state index in [1.54, 1.807) is 0 Å². The summed E-state index contributed by atoms with van der Waals surface area (Å²) >= 11 is 4.17. The molecular weight excluding hydrogens is 378 g/mol. The zero-order valence-corrected chi connectivity index (χ0v) is 13.6. The molecule has 0 aliphatic heterocycles. The lowest BCUT2D eigenvalue weighted by atomic mass is 10.3. The molecule has 1 aromatic heterocycles. The molecule has 1 heterocycles. The summed E-state index contributed by atoms with van der Waals surface area (Å²) in [6.07, 6.45) is 2.22. The van der Waals surface area contributed by atoms with Crippen LogP contribution in [-0.4, -0.2) is 26.8 Å². The number of amides is 1. The summed E-state index contributed by atoms with van der Waals surface area (Å²) in [5.41, 5.74) is -0.0827. The number of hydrogen-bond donors (Lipinski definition) is 2. The van der Waals surface area contributed by atoms with Crippen LogP contribution in [0.1, 0.15) is 24.6 Å². The van der Waals surface area contributed by atoms with Crippen molar-refractivity contribution in [1.29, 1.82) is 0 Å². The standard InChI is InChI=1S/C13H11BrF2N4OS/c14-8-3-7(15)4-9(16)11(8)17-10(21)5-22-13-18-12(19-20-13)6-1-2-6/h3-4,6H,1-2,5H2,(H,17,21)(H,18,19,20). The number of aromatic nitrogens is 3. The van der Waals surface area contributed by atoms with E-state index in [-0.39, 0.29) is 15.9 Å². The summed E-state index contributed by atoms with van der Waals surface area (Å²) in [5.74, 6) is -0.640. The normalized spacial score (nSPS) is 14.1. The Bertz CT molecular complexity index is 697. The molecule has 116 valence electrons. The van der Waals surface area contributed by atoms with Gasteiger partial charge in [-0.05, 0) is 34.8 Å². The molecule has 0 bridgehead atoms. The van der Waals surface area contributed by atoms with Crippen LogP contribution in [0, 0.1) is 11.6 Å². The van der Waals surface area contributed by atoms with Gasteiger partial charge in [0.05, 0.1) is 11.4 Å². The highest BCUT2D eigenvalue weighted by Crippen LogP contribution is 2.38. The smallest absolute Gasteiger partial charge is 0.234 e. The van der Waals surface area contributed by atoms with Gasteiger partial charge in [0.25, 0.3) is 0 Å². The first-order chi connectivity index (χ1) is 10.5. The zero-order valence-electron chi connectivity index (χ0n) is 11.2. The number of nitrogens with one attached hydrogen (secondary N) is 2. The number of benzene rings is 1. The Balaban J connectivity index is 1.58. The van der Waals surface area contributed by atoms with Crippen molar-refractivity contribution >= 4 is 39.3 Å². The van der Waals surface area contributed by atoms with Gasteiger partial charge in [0.15, 0.2) is 5.82 Å². The monoisotopic (exact) mass is 388 g/mol. The van der Waals surface area contributed by atoms with Crippen LogP contribution in [0.25, 0.3) is 0 Å². The number of thioether (sulfide) groups is 1. The maximum absolute atomic E-state index is 13.6. The highest BCUT2D eigenvalue weighted by atomic mass is 79.9. The molecule has 0 unspecified atom stereocenters. The fourth-order valence-corrected chi connectivity index (χ4v) is 2.94. The molecule has 0 atom stereocenters. The zero-order chi connectivity index (χ0) is 15.7. The van der Waals surface area contributed by atoms with Gasteiger partial charge in [0, 0.05) is 16.5 Å². The molecule has 5 nitrogen and oxygen atoms in total. The van der Waals surface area contributed by atoms with E-state index in [2.05, 4.69) is 36.4 Å². The Kier molecular flexibility index (Phi) is 4.44. The molecule has 1 aromatic carbocycles. The van der Waals surface area contributed by atoms with Crippen LogP contribution in [-0.2, 0) is 4.79 Å². The first-order valence-electron chi connectivity index (χ1n) is 6.52. The Morgan fingerprint density at radius 3 is 2.91 bits per heavy atom. The first kappa shape index (κ1) is 15.4. The minimum atomic E-state index is -0.834. The van der Waals surface area contributed by atoms with Crippen molar-refractivity contribution in [3.05, 3.63) is 34.1 Å². The highest BCUT2D eigenvalue weighted by molar-refractivity contribution is 9.10. The van der Waals surface area contributed by atoms with Crippen molar-refractivity contribution in [2.24, 2.45) is 0 Å². The maximum Gasteiger partial charge on any atom is 0.234 e. The molecule has 0 spiro atoms. The molecule has 2 N–H and O–H groups in total. The molecule has 0 saturated heterocycles. The summed E-state index contributed by atoms with van der Waals surface area (Å²) in [6, 6.07) is 1.80. The number of H-pyrrole nitrogens is 1. The van der Waals surface area contributed by atoms with E-state index in [0.717, 1.165) is 36.5 Å². The molecule has 22 heavy (non-hydrogen) atoms. The molecule has 1 aliphatic rings. The summed E-state index contributed by atoms with van der Waals surface area (Å²) in [6.45, 7) is 0. The Morgan fingerprint density at radius 2 is 2.23 bits per heavy atom. The van der Waals surface area contributed by atoms with Crippen molar-refractivity contribution in [1.82, 2.24) is 15.2 Å². The van der Waals surface area contributed by atoms with Gasteiger partial charge in [0.2, 0.25) is 11.1 Å². The maximum atomic E-state index is 13.6. The number of rotatable bonds is 5. The molecule has 1 fully saturated rings. The molecular formula is C13H11BrF2N4OS. The lowest BCUT2D eigenvalue weighted by molar-refractivity contribution is -0.113. The van der Waals surface area contributed by atoms with Crippen molar-refractivity contribution in [3.8, 4) is 0 Å². The van der Waals surface area contributed by atoms with Gasteiger partial charge in [-0.15, -0.1) is 5.10 Å². The summed E-state index contributed by atoms with van der Waals surface area (Å²) < 4.78 is 26.7. The van der Waals surface area contributed by atoms with Crippen LogP contribution in [0.4, 0.5) is 14.5 Å². The van der Waals surface area contributed by atoms with Crippen molar-refractivity contribution in [2.75, 3.05) is 11.1 Å². The van der Waals surface area contributed by atoms with Gasteiger partial charge in [-0.1, -0.05) is 11.8 Å². The van der Waals surface area contributed by atoms with Crippen molar-refractivity contribution in [3.63, 3.8) is 0 Å². The van der Waals surface area contributed by atoms with E-state index in [1.807, 2.05) is 0 Å². The minimum Gasteiger partial charge on any atom is -0.322 e. The molecule has 3 rings (SSSR count). The average Bonchev–Trinajstić information content (AvgIpc) is 3.20. The second-order valence-corrected chi connectivity index (χ2v) is 6.66. The molecule has 2 aromatic rings. The van der Waals surface area contributed by atoms with Crippen molar-refractivity contribution < 1.29 is 13.6 Å². The van der Waals surface area contributed by atoms with E-state index < -0.39 is 17.5 Å². The van der Waals surface area contributed by atoms with Crippen LogP contribution in [0.2, 0.25) is 0 Å². The number of anilines is 1. The molecule has 1 aliphatic carbocycles. The van der Waals surface area contributed by atoms with Gasteiger partial charge in [-0.2, -0.15) is 0 Å². The van der Waals surface area contributed by atoms with Gasteiger partial charge in [-0.3, -0.25) is 9.89 Å². The van der Waals surface area contributed by atoms with Gasteiger partial charge in [-0.25, -0.2) is 13.8 Å². The Morgan fingerprint density at radius 1 is 1.45 bits per heavy atom. The van der Waals surface area contributed by atoms with E-state index in [4.69, 9.17) is 0 Å². The number of carbonyl (C=O) groups is 1. The second-order valence-electron chi connectivity index (χ2n) is 4.86. The van der Waals surface area contributed by atoms with Crippen LogP contribution >= 0.6 is 27.7 Å². The third-order valence-corrected chi connectivity index (χ3v) is 4.52. The lowest BCUT2D eigenvalue weighted by Crippen LogP contribution is -2.15. The highest BCUT2D eigenvalue weighted by Gasteiger charge is 2.27. The van der Waals surface area contributed by atoms with Crippen LogP contribution < -0.4 is 5.32 Å². The summed E-state index contributed by atoms with van der Waals surface area (Å²) in [4.78, 5) is 16.1. The van der Waals surface area contributed by atoms with Gasteiger partial charge in [0.1, 0.15) is 11.6 Å². The minimum absolute atomic E-state index is 0.0330. The topological polar surface area (TPSA) is 70.7 Å². The van der Waals surface area contributed by atoms with E-state index in [0.29, 0.717) is 17.1 Å². The van der Waals surface area contributed by atoms with E-state index in [1.165, 1.54) is 0 Å². The van der Waals surface area contributed by atoms with Crippen molar-refractivity contribution in [2.45, 2.75) is 23.9 Å². The number of carbonyl (C=O) groups excluding carboxylic acids is 1. The number of aromatic amines is 1. The largest absolute Gasteiger partial charge is 0.322 e.